The second-order valence-corrected chi connectivity index (χ2v) is 5.07. The van der Waals surface area contributed by atoms with Crippen molar-refractivity contribution in [3.05, 3.63) is 58.3 Å². The van der Waals surface area contributed by atoms with E-state index in [0.717, 1.165) is 0 Å². The van der Waals surface area contributed by atoms with Crippen LogP contribution in [0.1, 0.15) is 10.5 Å². The zero-order valence-electron chi connectivity index (χ0n) is 10.2. The molecule has 0 saturated carbocycles. The number of carbonyl (C=O) groups excluding carboxylic acids is 1. The maximum Gasteiger partial charge on any atom is 0.268 e. The molecular formula is C14H9Cl2N3O. The fourth-order valence-electron chi connectivity index (χ4n) is 2.10. The zero-order chi connectivity index (χ0) is 14.3. The van der Waals surface area contributed by atoms with Crippen molar-refractivity contribution in [3.63, 3.8) is 0 Å². The fourth-order valence-corrected chi connectivity index (χ4v) is 2.48. The molecule has 100 valence electrons. The SMILES string of the molecule is NC(=O)c1c(-c2cc(Cl)ccc2Cl)nc2ccccn12. The number of hydrogen-bond acceptors (Lipinski definition) is 2. The molecule has 0 saturated heterocycles. The van der Waals surface area contributed by atoms with Gasteiger partial charge in [-0.15, -0.1) is 0 Å². The van der Waals surface area contributed by atoms with Crippen molar-refractivity contribution in [2.24, 2.45) is 5.73 Å². The summed E-state index contributed by atoms with van der Waals surface area (Å²) in [6, 6.07) is 10.4. The lowest BCUT2D eigenvalue weighted by molar-refractivity contribution is 0.0995. The predicted octanol–water partition coefficient (Wildman–Crippen LogP) is 3.41. The van der Waals surface area contributed by atoms with Crippen LogP contribution in [0.15, 0.2) is 42.6 Å². The lowest BCUT2D eigenvalue weighted by Crippen LogP contribution is -2.15. The minimum atomic E-state index is -0.574. The summed E-state index contributed by atoms with van der Waals surface area (Å²) in [6.45, 7) is 0. The summed E-state index contributed by atoms with van der Waals surface area (Å²) < 4.78 is 1.63. The van der Waals surface area contributed by atoms with E-state index in [1.807, 2.05) is 6.07 Å². The number of benzene rings is 1. The Hall–Kier alpha value is -2.04. The molecule has 1 amide bonds. The summed E-state index contributed by atoms with van der Waals surface area (Å²) in [5, 5.41) is 0.970. The van der Waals surface area contributed by atoms with Crippen molar-refractivity contribution in [3.8, 4) is 11.3 Å². The van der Waals surface area contributed by atoms with Gasteiger partial charge in [0, 0.05) is 16.8 Å². The average Bonchev–Trinajstić information content (AvgIpc) is 2.80. The molecule has 0 atom stereocenters. The van der Waals surface area contributed by atoms with E-state index in [1.54, 1.807) is 40.9 Å². The Morgan fingerprint density at radius 1 is 1.20 bits per heavy atom. The molecule has 0 fully saturated rings. The van der Waals surface area contributed by atoms with Crippen LogP contribution in [-0.2, 0) is 0 Å². The minimum absolute atomic E-state index is 0.282. The molecule has 2 aromatic heterocycles. The van der Waals surface area contributed by atoms with E-state index >= 15 is 0 Å². The Kier molecular flexibility index (Phi) is 3.12. The molecule has 4 nitrogen and oxygen atoms in total. The molecule has 0 unspecified atom stereocenters. The quantitative estimate of drug-likeness (QED) is 0.788. The Morgan fingerprint density at radius 2 is 2.00 bits per heavy atom. The van der Waals surface area contributed by atoms with Gasteiger partial charge >= 0.3 is 0 Å². The third-order valence-corrected chi connectivity index (χ3v) is 3.51. The number of rotatable bonds is 2. The Bertz CT molecular complexity index is 826. The predicted molar refractivity (Wildman–Crippen MR) is 79.2 cm³/mol. The van der Waals surface area contributed by atoms with Crippen molar-refractivity contribution in [1.29, 1.82) is 0 Å². The smallest absolute Gasteiger partial charge is 0.268 e. The largest absolute Gasteiger partial charge is 0.364 e. The van der Waals surface area contributed by atoms with Gasteiger partial charge in [0.25, 0.3) is 5.91 Å². The van der Waals surface area contributed by atoms with Crippen LogP contribution < -0.4 is 5.73 Å². The highest BCUT2D eigenvalue weighted by Gasteiger charge is 2.20. The van der Waals surface area contributed by atoms with Gasteiger partial charge in [-0.3, -0.25) is 9.20 Å². The van der Waals surface area contributed by atoms with Gasteiger partial charge in [0.2, 0.25) is 0 Å². The maximum atomic E-state index is 11.8. The summed E-state index contributed by atoms with van der Waals surface area (Å²) >= 11 is 12.2. The van der Waals surface area contributed by atoms with Crippen LogP contribution in [0.25, 0.3) is 16.9 Å². The van der Waals surface area contributed by atoms with E-state index in [4.69, 9.17) is 28.9 Å². The lowest BCUT2D eigenvalue weighted by atomic mass is 10.1. The van der Waals surface area contributed by atoms with E-state index in [-0.39, 0.29) is 5.69 Å². The Labute approximate surface area is 124 Å². The summed E-state index contributed by atoms with van der Waals surface area (Å²) in [4.78, 5) is 16.2. The van der Waals surface area contributed by atoms with Crippen molar-refractivity contribution in [2.75, 3.05) is 0 Å². The van der Waals surface area contributed by atoms with E-state index < -0.39 is 5.91 Å². The van der Waals surface area contributed by atoms with Crippen LogP contribution in [0, 0.1) is 0 Å². The number of aromatic nitrogens is 2. The van der Waals surface area contributed by atoms with Crippen LogP contribution in [0.5, 0.6) is 0 Å². The van der Waals surface area contributed by atoms with Crippen LogP contribution in [-0.4, -0.2) is 15.3 Å². The number of halogens is 2. The van der Waals surface area contributed by atoms with Crippen molar-refractivity contribution >= 4 is 34.8 Å². The number of nitrogens with zero attached hydrogens (tertiary/aromatic N) is 2. The molecule has 6 heteroatoms. The first kappa shape index (κ1) is 13.0. The molecule has 0 radical (unpaired) electrons. The van der Waals surface area contributed by atoms with Crippen LogP contribution in [0.4, 0.5) is 0 Å². The average molecular weight is 306 g/mol. The van der Waals surface area contributed by atoms with Crippen molar-refractivity contribution in [1.82, 2.24) is 9.38 Å². The Morgan fingerprint density at radius 3 is 2.75 bits per heavy atom. The van der Waals surface area contributed by atoms with E-state index in [0.29, 0.717) is 26.9 Å². The van der Waals surface area contributed by atoms with Crippen LogP contribution in [0.3, 0.4) is 0 Å². The lowest BCUT2D eigenvalue weighted by Gasteiger charge is -2.04. The van der Waals surface area contributed by atoms with Gasteiger partial charge in [0.1, 0.15) is 17.0 Å². The zero-order valence-corrected chi connectivity index (χ0v) is 11.7. The van der Waals surface area contributed by atoms with Gasteiger partial charge in [0.05, 0.1) is 5.02 Å². The molecule has 20 heavy (non-hydrogen) atoms. The number of hydrogen-bond donors (Lipinski definition) is 1. The summed E-state index contributed by atoms with van der Waals surface area (Å²) in [5.41, 5.74) is 7.38. The van der Waals surface area contributed by atoms with E-state index in [9.17, 15) is 4.79 Å². The Balaban J connectivity index is 2.38. The molecule has 3 rings (SSSR count). The van der Waals surface area contributed by atoms with Gasteiger partial charge in [-0.05, 0) is 30.3 Å². The molecule has 2 heterocycles. The molecule has 3 aromatic rings. The molecule has 0 aliphatic rings. The highest BCUT2D eigenvalue weighted by molar-refractivity contribution is 6.35. The number of primary amides is 1. The van der Waals surface area contributed by atoms with Gasteiger partial charge in [-0.2, -0.15) is 0 Å². The maximum absolute atomic E-state index is 11.8. The summed E-state index contributed by atoms with van der Waals surface area (Å²) in [7, 11) is 0. The van der Waals surface area contributed by atoms with Gasteiger partial charge in [-0.25, -0.2) is 4.98 Å². The number of carbonyl (C=O) groups is 1. The van der Waals surface area contributed by atoms with Gasteiger partial charge < -0.3 is 5.73 Å². The summed E-state index contributed by atoms with van der Waals surface area (Å²) in [5.74, 6) is -0.574. The topological polar surface area (TPSA) is 60.4 Å². The van der Waals surface area contributed by atoms with Crippen molar-refractivity contribution < 1.29 is 4.79 Å². The normalized spacial score (nSPS) is 10.9. The molecule has 0 aliphatic carbocycles. The van der Waals surface area contributed by atoms with Crippen molar-refractivity contribution in [2.45, 2.75) is 0 Å². The highest BCUT2D eigenvalue weighted by Crippen LogP contribution is 2.32. The number of nitrogens with two attached hydrogens (primary N) is 1. The van der Waals surface area contributed by atoms with Crippen LogP contribution >= 0.6 is 23.2 Å². The molecule has 0 aliphatic heterocycles. The number of fused-ring (bicyclic) bond motifs is 1. The first-order chi connectivity index (χ1) is 9.58. The molecule has 0 spiro atoms. The first-order valence-corrected chi connectivity index (χ1v) is 6.56. The third kappa shape index (κ3) is 2.03. The van der Waals surface area contributed by atoms with E-state index in [2.05, 4.69) is 4.98 Å². The fraction of sp³-hybridized carbons (Fsp3) is 0. The molecule has 0 bridgehead atoms. The van der Waals surface area contributed by atoms with Gasteiger partial charge in [0.15, 0.2) is 0 Å². The van der Waals surface area contributed by atoms with Crippen LogP contribution in [0.2, 0.25) is 10.0 Å². The third-order valence-electron chi connectivity index (χ3n) is 2.95. The molecule has 1 aromatic carbocycles. The second-order valence-electron chi connectivity index (χ2n) is 4.23. The standard InChI is InChI=1S/C14H9Cl2N3O/c15-8-4-5-10(16)9(7-8)12-13(14(17)20)19-6-2-1-3-11(19)18-12/h1-7H,(H2,17,20). The second kappa shape index (κ2) is 4.81. The van der Waals surface area contributed by atoms with Gasteiger partial charge in [-0.1, -0.05) is 29.3 Å². The number of pyridine rings is 1. The molecule has 2 N–H and O–H groups in total. The van der Waals surface area contributed by atoms with E-state index in [1.165, 1.54) is 0 Å². The number of amides is 1. The number of imidazole rings is 1. The highest BCUT2D eigenvalue weighted by atomic mass is 35.5. The first-order valence-electron chi connectivity index (χ1n) is 5.80. The molecular weight excluding hydrogens is 297 g/mol. The monoisotopic (exact) mass is 305 g/mol. The minimum Gasteiger partial charge on any atom is -0.364 e. The summed E-state index contributed by atoms with van der Waals surface area (Å²) in [6.07, 6.45) is 1.73.